The highest BCUT2D eigenvalue weighted by Crippen LogP contribution is 2.32. The SMILES string of the molecule is Cc1ccc(C2=C(c3ccccc3C)C(=O)NC2=O)cc1. The summed E-state index contributed by atoms with van der Waals surface area (Å²) in [6.07, 6.45) is 0. The van der Waals surface area contributed by atoms with Crippen molar-refractivity contribution < 1.29 is 9.59 Å². The van der Waals surface area contributed by atoms with Crippen molar-refractivity contribution in [2.75, 3.05) is 0 Å². The summed E-state index contributed by atoms with van der Waals surface area (Å²) in [6, 6.07) is 15.2. The minimum Gasteiger partial charge on any atom is -0.288 e. The molecule has 3 heteroatoms. The maximum atomic E-state index is 12.2. The molecule has 2 amide bonds. The Labute approximate surface area is 123 Å². The molecule has 3 rings (SSSR count). The zero-order valence-corrected chi connectivity index (χ0v) is 11.9. The van der Waals surface area contributed by atoms with Gasteiger partial charge in [-0.2, -0.15) is 0 Å². The summed E-state index contributed by atoms with van der Waals surface area (Å²) < 4.78 is 0. The van der Waals surface area contributed by atoms with Gasteiger partial charge in [0.05, 0.1) is 11.1 Å². The molecule has 21 heavy (non-hydrogen) atoms. The molecular weight excluding hydrogens is 262 g/mol. The number of aryl methyl sites for hydroxylation is 2. The van der Waals surface area contributed by atoms with Gasteiger partial charge in [-0.05, 0) is 30.5 Å². The molecule has 2 aromatic rings. The Kier molecular flexibility index (Phi) is 3.18. The van der Waals surface area contributed by atoms with E-state index in [-0.39, 0.29) is 11.8 Å². The van der Waals surface area contributed by atoms with E-state index in [9.17, 15) is 9.59 Å². The van der Waals surface area contributed by atoms with E-state index in [2.05, 4.69) is 5.32 Å². The summed E-state index contributed by atoms with van der Waals surface area (Å²) in [4.78, 5) is 24.4. The molecule has 104 valence electrons. The summed E-state index contributed by atoms with van der Waals surface area (Å²) in [5.74, 6) is -0.660. The number of imide groups is 1. The van der Waals surface area contributed by atoms with Gasteiger partial charge in [0.25, 0.3) is 11.8 Å². The Bertz CT molecular complexity index is 770. The lowest BCUT2D eigenvalue weighted by Gasteiger charge is -2.07. The van der Waals surface area contributed by atoms with Crippen LogP contribution in [0, 0.1) is 13.8 Å². The third-order valence-electron chi connectivity index (χ3n) is 3.69. The second-order valence-corrected chi connectivity index (χ2v) is 5.21. The van der Waals surface area contributed by atoms with Crippen LogP contribution in [0.2, 0.25) is 0 Å². The highest BCUT2D eigenvalue weighted by molar-refractivity contribution is 6.49. The summed E-state index contributed by atoms with van der Waals surface area (Å²) in [6.45, 7) is 3.92. The van der Waals surface area contributed by atoms with Crippen LogP contribution in [0.15, 0.2) is 48.5 Å². The van der Waals surface area contributed by atoms with Crippen molar-refractivity contribution in [3.8, 4) is 0 Å². The first-order valence-corrected chi connectivity index (χ1v) is 6.81. The number of carbonyl (C=O) groups is 2. The van der Waals surface area contributed by atoms with E-state index in [1.165, 1.54) is 0 Å². The van der Waals surface area contributed by atoms with Gasteiger partial charge in [-0.1, -0.05) is 54.1 Å². The molecule has 0 spiro atoms. The van der Waals surface area contributed by atoms with E-state index in [4.69, 9.17) is 0 Å². The van der Waals surface area contributed by atoms with E-state index in [1.54, 1.807) is 0 Å². The number of nitrogens with one attached hydrogen (secondary N) is 1. The van der Waals surface area contributed by atoms with Gasteiger partial charge >= 0.3 is 0 Å². The number of rotatable bonds is 2. The Hall–Kier alpha value is -2.68. The molecule has 0 unspecified atom stereocenters. The van der Waals surface area contributed by atoms with Crippen LogP contribution in [0.5, 0.6) is 0 Å². The van der Waals surface area contributed by atoms with E-state index < -0.39 is 0 Å². The van der Waals surface area contributed by atoms with E-state index in [0.717, 1.165) is 22.3 Å². The van der Waals surface area contributed by atoms with E-state index >= 15 is 0 Å². The lowest BCUT2D eigenvalue weighted by atomic mass is 9.93. The van der Waals surface area contributed by atoms with Crippen molar-refractivity contribution in [1.29, 1.82) is 0 Å². The van der Waals surface area contributed by atoms with Gasteiger partial charge in [-0.15, -0.1) is 0 Å². The highest BCUT2D eigenvalue weighted by Gasteiger charge is 2.32. The number of benzene rings is 2. The van der Waals surface area contributed by atoms with Gasteiger partial charge in [-0.25, -0.2) is 0 Å². The highest BCUT2D eigenvalue weighted by atomic mass is 16.2. The topological polar surface area (TPSA) is 46.2 Å². The average Bonchev–Trinajstić information content (AvgIpc) is 2.75. The molecule has 0 radical (unpaired) electrons. The van der Waals surface area contributed by atoms with Crippen molar-refractivity contribution in [3.05, 3.63) is 70.8 Å². The minimum absolute atomic E-state index is 0.329. The van der Waals surface area contributed by atoms with Crippen molar-refractivity contribution >= 4 is 23.0 Å². The van der Waals surface area contributed by atoms with Gasteiger partial charge in [0.15, 0.2) is 0 Å². The third-order valence-corrected chi connectivity index (χ3v) is 3.69. The van der Waals surface area contributed by atoms with Crippen LogP contribution < -0.4 is 5.32 Å². The first kappa shape index (κ1) is 13.3. The van der Waals surface area contributed by atoms with Crippen molar-refractivity contribution in [3.63, 3.8) is 0 Å². The molecule has 1 N–H and O–H groups in total. The molecule has 1 heterocycles. The zero-order chi connectivity index (χ0) is 15.0. The van der Waals surface area contributed by atoms with E-state index in [1.807, 2.05) is 62.4 Å². The van der Waals surface area contributed by atoms with Crippen LogP contribution in [0.25, 0.3) is 11.1 Å². The number of hydrogen-bond acceptors (Lipinski definition) is 2. The fraction of sp³-hybridized carbons (Fsp3) is 0.111. The van der Waals surface area contributed by atoms with Gasteiger partial charge in [0, 0.05) is 0 Å². The van der Waals surface area contributed by atoms with Crippen molar-refractivity contribution in [1.82, 2.24) is 5.32 Å². The zero-order valence-electron chi connectivity index (χ0n) is 11.9. The maximum Gasteiger partial charge on any atom is 0.259 e. The lowest BCUT2D eigenvalue weighted by Crippen LogP contribution is -2.22. The van der Waals surface area contributed by atoms with Crippen LogP contribution in [-0.2, 0) is 9.59 Å². The Morgan fingerprint density at radius 1 is 0.762 bits per heavy atom. The second kappa shape index (κ2) is 5.02. The largest absolute Gasteiger partial charge is 0.288 e. The maximum absolute atomic E-state index is 12.2. The Balaban J connectivity index is 2.25. The molecule has 0 saturated heterocycles. The lowest BCUT2D eigenvalue weighted by molar-refractivity contribution is -0.122. The van der Waals surface area contributed by atoms with Crippen LogP contribution in [-0.4, -0.2) is 11.8 Å². The van der Waals surface area contributed by atoms with Gasteiger partial charge in [0.1, 0.15) is 0 Å². The molecule has 1 aliphatic heterocycles. The Morgan fingerprint density at radius 2 is 1.38 bits per heavy atom. The molecule has 0 fully saturated rings. The molecule has 0 atom stereocenters. The summed E-state index contributed by atoms with van der Waals surface area (Å²) in [5.41, 5.74) is 4.57. The third kappa shape index (κ3) is 2.27. The molecular formula is C18H15NO2. The van der Waals surface area contributed by atoms with E-state index in [0.29, 0.717) is 11.1 Å². The average molecular weight is 277 g/mol. The Morgan fingerprint density at radius 3 is 2.05 bits per heavy atom. The van der Waals surface area contributed by atoms with Crippen molar-refractivity contribution in [2.24, 2.45) is 0 Å². The molecule has 2 aromatic carbocycles. The normalized spacial score (nSPS) is 14.6. The second-order valence-electron chi connectivity index (χ2n) is 5.21. The predicted molar refractivity (Wildman–Crippen MR) is 82.3 cm³/mol. The van der Waals surface area contributed by atoms with Crippen LogP contribution in [0.1, 0.15) is 22.3 Å². The fourth-order valence-electron chi connectivity index (χ4n) is 2.56. The van der Waals surface area contributed by atoms with Crippen LogP contribution >= 0.6 is 0 Å². The van der Waals surface area contributed by atoms with Gasteiger partial charge in [0.2, 0.25) is 0 Å². The standard InChI is InChI=1S/C18H15NO2/c1-11-7-9-13(10-8-11)15-16(18(21)19-17(15)20)14-6-4-3-5-12(14)2/h3-10H,1-2H3,(H,19,20,21). The summed E-state index contributed by atoms with van der Waals surface area (Å²) >= 11 is 0. The summed E-state index contributed by atoms with van der Waals surface area (Å²) in [5, 5.41) is 2.40. The van der Waals surface area contributed by atoms with Crippen LogP contribution in [0.4, 0.5) is 0 Å². The van der Waals surface area contributed by atoms with Gasteiger partial charge < -0.3 is 0 Å². The first-order chi connectivity index (χ1) is 10.1. The molecule has 0 aliphatic carbocycles. The minimum atomic E-state index is -0.331. The molecule has 0 aromatic heterocycles. The van der Waals surface area contributed by atoms with Gasteiger partial charge in [-0.3, -0.25) is 14.9 Å². The quantitative estimate of drug-likeness (QED) is 0.858. The smallest absolute Gasteiger partial charge is 0.259 e. The molecule has 0 saturated carbocycles. The van der Waals surface area contributed by atoms with Crippen molar-refractivity contribution in [2.45, 2.75) is 13.8 Å². The molecule has 3 nitrogen and oxygen atoms in total. The number of amides is 2. The number of carbonyl (C=O) groups excluding carboxylic acids is 2. The van der Waals surface area contributed by atoms with Crippen LogP contribution in [0.3, 0.4) is 0 Å². The summed E-state index contributed by atoms with van der Waals surface area (Å²) in [7, 11) is 0. The molecule has 1 aliphatic rings. The predicted octanol–water partition coefficient (Wildman–Crippen LogP) is 2.87. The monoisotopic (exact) mass is 277 g/mol. The first-order valence-electron chi connectivity index (χ1n) is 6.81. The number of hydrogen-bond donors (Lipinski definition) is 1. The molecule has 0 bridgehead atoms. The fourth-order valence-corrected chi connectivity index (χ4v) is 2.56.